The lowest BCUT2D eigenvalue weighted by atomic mass is 9.80. The lowest BCUT2D eigenvalue weighted by Gasteiger charge is -2.12. The summed E-state index contributed by atoms with van der Waals surface area (Å²) < 4.78 is 48.2. The van der Waals surface area contributed by atoms with Gasteiger partial charge >= 0.3 is 7.12 Å². The van der Waals surface area contributed by atoms with Crippen LogP contribution in [0.2, 0.25) is 0 Å². The summed E-state index contributed by atoms with van der Waals surface area (Å²) in [7, 11) is -3.97. The Morgan fingerprint density at radius 1 is 1.08 bits per heavy atom. The number of benzene rings is 3. The van der Waals surface area contributed by atoms with Gasteiger partial charge in [-0.25, -0.2) is 12.8 Å². The van der Waals surface area contributed by atoms with Crippen molar-refractivity contribution in [3.05, 3.63) is 83.2 Å². The molecule has 8 nitrogen and oxygen atoms in total. The van der Waals surface area contributed by atoms with Crippen LogP contribution in [0, 0.1) is 5.82 Å². The third-order valence-corrected chi connectivity index (χ3v) is 7.59. The van der Waals surface area contributed by atoms with Crippen LogP contribution in [0.15, 0.2) is 65.1 Å². The number of fused-ring (bicyclic) bond motifs is 1. The quantitative estimate of drug-likeness (QED) is 0.263. The zero-order valence-electron chi connectivity index (χ0n) is 19.9. The van der Waals surface area contributed by atoms with Gasteiger partial charge in [-0.3, -0.25) is 9.52 Å². The number of nitrogens with one attached hydrogen (secondary N) is 2. The van der Waals surface area contributed by atoms with E-state index in [0.717, 1.165) is 18.4 Å². The van der Waals surface area contributed by atoms with E-state index in [2.05, 4.69) is 10.0 Å². The van der Waals surface area contributed by atoms with Crippen LogP contribution < -0.4 is 15.5 Å². The van der Waals surface area contributed by atoms with Crippen molar-refractivity contribution in [1.82, 2.24) is 5.32 Å². The van der Waals surface area contributed by atoms with Crippen LogP contribution in [0.3, 0.4) is 0 Å². The summed E-state index contributed by atoms with van der Waals surface area (Å²) >= 11 is 0. The summed E-state index contributed by atoms with van der Waals surface area (Å²) in [5.41, 5.74) is 3.12. The molecule has 0 spiro atoms. The SMILES string of the molecule is CNC(=O)c1c(-c2ccc(F)cc2)oc2cc(CS(=O)(=O)Nc3ccc(B(O)O)cc3)c(C3CC3)cc12. The molecule has 190 valence electrons. The van der Waals surface area contributed by atoms with Gasteiger partial charge < -0.3 is 19.8 Å². The summed E-state index contributed by atoms with van der Waals surface area (Å²) in [4.78, 5) is 12.8. The van der Waals surface area contributed by atoms with E-state index in [9.17, 15) is 27.7 Å². The van der Waals surface area contributed by atoms with Crippen molar-refractivity contribution in [2.45, 2.75) is 24.5 Å². The number of hydrogen-bond acceptors (Lipinski definition) is 6. The number of anilines is 1. The standard InChI is InChI=1S/C26H24BFN2O6S/c1-29-26(31)24-22-13-21(15-2-3-15)17(12-23(22)36-25(24)16-4-8-19(28)9-5-16)14-37(34,35)30-20-10-6-18(7-11-20)27(32)33/h4-13,15,30,32-33H,2-3,14H2,1H3,(H,29,31). The normalized spacial score (nSPS) is 13.5. The molecule has 1 fully saturated rings. The Labute approximate surface area is 213 Å². The van der Waals surface area contributed by atoms with Crippen molar-refractivity contribution in [1.29, 1.82) is 0 Å². The van der Waals surface area contributed by atoms with Gasteiger partial charge in [0.2, 0.25) is 10.0 Å². The Balaban J connectivity index is 1.55. The van der Waals surface area contributed by atoms with Crippen LogP contribution >= 0.6 is 0 Å². The van der Waals surface area contributed by atoms with Gasteiger partial charge in [-0.2, -0.15) is 0 Å². The number of amides is 1. The van der Waals surface area contributed by atoms with Gasteiger partial charge in [-0.15, -0.1) is 0 Å². The minimum absolute atomic E-state index is 0.182. The average Bonchev–Trinajstić information content (AvgIpc) is 3.64. The van der Waals surface area contributed by atoms with E-state index < -0.39 is 23.0 Å². The van der Waals surface area contributed by atoms with Gasteiger partial charge in [0.15, 0.2) is 0 Å². The molecule has 1 aliphatic rings. The summed E-state index contributed by atoms with van der Waals surface area (Å²) in [6.45, 7) is 0. The van der Waals surface area contributed by atoms with Crippen LogP contribution in [0.25, 0.3) is 22.3 Å². The zero-order valence-corrected chi connectivity index (χ0v) is 20.7. The van der Waals surface area contributed by atoms with Crippen molar-refractivity contribution in [2.24, 2.45) is 0 Å². The molecule has 1 saturated carbocycles. The molecule has 11 heteroatoms. The second kappa shape index (κ2) is 9.66. The minimum atomic E-state index is -3.84. The molecule has 1 aliphatic carbocycles. The molecule has 3 aromatic carbocycles. The van der Waals surface area contributed by atoms with E-state index in [4.69, 9.17) is 4.42 Å². The summed E-state index contributed by atoms with van der Waals surface area (Å²) in [6.07, 6.45) is 1.82. The summed E-state index contributed by atoms with van der Waals surface area (Å²) in [6, 6.07) is 14.8. The maximum atomic E-state index is 13.5. The maximum Gasteiger partial charge on any atom is 0.488 e. The first-order chi connectivity index (χ1) is 17.6. The number of carbonyl (C=O) groups is 1. The van der Waals surface area contributed by atoms with E-state index in [-0.39, 0.29) is 34.5 Å². The van der Waals surface area contributed by atoms with Gasteiger partial charge in [0.25, 0.3) is 5.91 Å². The molecule has 5 rings (SSSR count). The van der Waals surface area contributed by atoms with Crippen molar-refractivity contribution < 1.29 is 32.1 Å². The third kappa shape index (κ3) is 5.24. The number of halogens is 1. The predicted molar refractivity (Wildman–Crippen MR) is 139 cm³/mol. The second-order valence-corrected chi connectivity index (χ2v) is 10.8. The van der Waals surface area contributed by atoms with Crippen molar-refractivity contribution in [3.63, 3.8) is 0 Å². The summed E-state index contributed by atoms with van der Waals surface area (Å²) in [5.74, 6) is -0.638. The Morgan fingerprint density at radius 2 is 1.76 bits per heavy atom. The van der Waals surface area contributed by atoms with E-state index >= 15 is 0 Å². The highest BCUT2D eigenvalue weighted by Gasteiger charge is 2.31. The van der Waals surface area contributed by atoms with Crippen LogP contribution in [0.5, 0.6) is 0 Å². The third-order valence-electron chi connectivity index (χ3n) is 6.36. The lowest BCUT2D eigenvalue weighted by Crippen LogP contribution is -2.29. The molecule has 4 N–H and O–H groups in total. The molecule has 1 heterocycles. The largest absolute Gasteiger partial charge is 0.488 e. The van der Waals surface area contributed by atoms with E-state index in [0.29, 0.717) is 27.7 Å². The molecular formula is C26H24BFN2O6S. The Bertz CT molecular complexity index is 1580. The lowest BCUT2D eigenvalue weighted by molar-refractivity contribution is 0.0964. The highest BCUT2D eigenvalue weighted by Crippen LogP contribution is 2.45. The molecule has 4 aromatic rings. The maximum absolute atomic E-state index is 13.5. The first-order valence-corrected chi connectivity index (χ1v) is 13.3. The zero-order chi connectivity index (χ0) is 26.3. The van der Waals surface area contributed by atoms with Crippen LogP contribution in [0.1, 0.15) is 40.2 Å². The number of carbonyl (C=O) groups excluding carboxylic acids is 1. The molecule has 1 aromatic heterocycles. The topological polar surface area (TPSA) is 129 Å². The van der Waals surface area contributed by atoms with Crippen molar-refractivity contribution >= 4 is 45.2 Å². The molecule has 0 radical (unpaired) electrons. The highest BCUT2D eigenvalue weighted by atomic mass is 32.2. The minimum Gasteiger partial charge on any atom is -0.455 e. The molecular weight excluding hydrogens is 498 g/mol. The monoisotopic (exact) mass is 522 g/mol. The molecule has 1 amide bonds. The molecule has 0 atom stereocenters. The fraction of sp³-hybridized carbons (Fsp3) is 0.192. The number of furan rings is 1. The van der Waals surface area contributed by atoms with Crippen LogP contribution in [0.4, 0.5) is 10.1 Å². The fourth-order valence-electron chi connectivity index (χ4n) is 4.40. The Kier molecular flexibility index (Phi) is 6.53. The smallest absolute Gasteiger partial charge is 0.455 e. The first kappa shape index (κ1) is 25.0. The first-order valence-electron chi connectivity index (χ1n) is 11.7. The molecule has 0 bridgehead atoms. The molecule has 0 aliphatic heterocycles. The molecule has 0 saturated heterocycles. The number of sulfonamides is 1. The van der Waals surface area contributed by atoms with Gasteiger partial charge in [-0.05, 0) is 83.9 Å². The summed E-state index contributed by atoms with van der Waals surface area (Å²) in [5, 5.41) is 21.7. The van der Waals surface area contributed by atoms with E-state index in [1.165, 1.54) is 55.6 Å². The van der Waals surface area contributed by atoms with Crippen molar-refractivity contribution in [2.75, 3.05) is 11.8 Å². The van der Waals surface area contributed by atoms with Crippen molar-refractivity contribution in [3.8, 4) is 11.3 Å². The van der Waals surface area contributed by atoms with Crippen LogP contribution in [-0.4, -0.2) is 38.5 Å². The molecule has 0 unspecified atom stereocenters. The molecule has 37 heavy (non-hydrogen) atoms. The Morgan fingerprint density at radius 3 is 2.35 bits per heavy atom. The number of hydrogen-bond donors (Lipinski definition) is 4. The number of rotatable bonds is 8. The van der Waals surface area contributed by atoms with Gasteiger partial charge in [0, 0.05) is 23.7 Å². The average molecular weight is 522 g/mol. The van der Waals surface area contributed by atoms with E-state index in [1.54, 1.807) is 6.07 Å². The fourth-order valence-corrected chi connectivity index (χ4v) is 5.63. The highest BCUT2D eigenvalue weighted by molar-refractivity contribution is 7.91. The Hall–Kier alpha value is -3.67. The predicted octanol–water partition coefficient (Wildman–Crippen LogP) is 3.10. The van der Waals surface area contributed by atoms with Gasteiger partial charge in [0.1, 0.15) is 17.2 Å². The van der Waals surface area contributed by atoms with Crippen LogP contribution in [-0.2, 0) is 15.8 Å². The van der Waals surface area contributed by atoms with Gasteiger partial charge in [-0.1, -0.05) is 12.1 Å². The van der Waals surface area contributed by atoms with E-state index in [1.807, 2.05) is 6.07 Å². The second-order valence-electron chi connectivity index (χ2n) is 9.07. The van der Waals surface area contributed by atoms with Gasteiger partial charge in [0.05, 0.1) is 11.3 Å².